The van der Waals surface area contributed by atoms with Crippen molar-refractivity contribution in [2.75, 3.05) is 5.75 Å². The van der Waals surface area contributed by atoms with E-state index in [-0.39, 0.29) is 12.2 Å². The van der Waals surface area contributed by atoms with Crippen LogP contribution in [-0.4, -0.2) is 23.7 Å². The molecule has 0 amide bonds. The second-order valence-electron chi connectivity index (χ2n) is 2.59. The van der Waals surface area contributed by atoms with Crippen molar-refractivity contribution in [1.82, 2.24) is 9.55 Å². The third-order valence-electron chi connectivity index (χ3n) is 1.59. The zero-order valence-corrected chi connectivity index (χ0v) is 9.20. The molecule has 0 fully saturated rings. The van der Waals surface area contributed by atoms with Gasteiger partial charge >= 0.3 is 0 Å². The first-order chi connectivity index (χ1) is 5.90. The first-order valence-corrected chi connectivity index (χ1v) is 6.34. The van der Waals surface area contributed by atoms with E-state index in [2.05, 4.69) is 4.98 Å². The maximum atomic E-state index is 10.6. The van der Waals surface area contributed by atoms with E-state index in [4.69, 9.17) is 22.3 Å². The summed E-state index contributed by atoms with van der Waals surface area (Å²) in [4.78, 5) is 3.81. The number of imidazole rings is 1. The SMILES string of the molecule is Cn1cnc(Cl)c1CCS(=O)(=O)Cl. The van der Waals surface area contributed by atoms with E-state index in [1.807, 2.05) is 0 Å². The van der Waals surface area contributed by atoms with Crippen molar-refractivity contribution in [3.8, 4) is 0 Å². The Hall–Kier alpha value is -0.260. The molecular weight excluding hydrogens is 235 g/mol. The normalized spacial score (nSPS) is 11.9. The Morgan fingerprint density at radius 1 is 1.62 bits per heavy atom. The van der Waals surface area contributed by atoms with Gasteiger partial charge in [-0.05, 0) is 0 Å². The molecule has 13 heavy (non-hydrogen) atoms. The van der Waals surface area contributed by atoms with Crippen molar-refractivity contribution >= 4 is 31.3 Å². The summed E-state index contributed by atoms with van der Waals surface area (Å²) in [5.41, 5.74) is 0.672. The zero-order chi connectivity index (χ0) is 10.1. The molecule has 0 radical (unpaired) electrons. The predicted molar refractivity (Wildman–Crippen MR) is 51.6 cm³/mol. The molecular formula is C6H8Cl2N2O2S. The number of rotatable bonds is 3. The average Bonchev–Trinajstić information content (AvgIpc) is 2.27. The van der Waals surface area contributed by atoms with Gasteiger partial charge in [0.2, 0.25) is 9.05 Å². The van der Waals surface area contributed by atoms with Gasteiger partial charge in [0.25, 0.3) is 0 Å². The lowest BCUT2D eigenvalue weighted by Gasteiger charge is -2.00. The summed E-state index contributed by atoms with van der Waals surface area (Å²) in [6.45, 7) is 0. The van der Waals surface area contributed by atoms with Crippen LogP contribution in [0.1, 0.15) is 5.69 Å². The van der Waals surface area contributed by atoms with E-state index in [1.54, 1.807) is 11.6 Å². The maximum absolute atomic E-state index is 10.6. The van der Waals surface area contributed by atoms with Crippen LogP contribution < -0.4 is 0 Å². The highest BCUT2D eigenvalue weighted by Crippen LogP contribution is 2.14. The van der Waals surface area contributed by atoms with Crippen LogP contribution in [0.2, 0.25) is 5.15 Å². The minimum Gasteiger partial charge on any atom is -0.336 e. The summed E-state index contributed by atoms with van der Waals surface area (Å²) in [5, 5.41) is 0.322. The predicted octanol–water partition coefficient (Wildman–Crippen LogP) is 1.18. The molecule has 74 valence electrons. The molecule has 0 N–H and O–H groups in total. The average molecular weight is 243 g/mol. The summed E-state index contributed by atoms with van der Waals surface area (Å²) >= 11 is 5.70. The van der Waals surface area contributed by atoms with Crippen molar-refractivity contribution in [2.24, 2.45) is 7.05 Å². The molecule has 1 heterocycles. The monoisotopic (exact) mass is 242 g/mol. The Labute approximate surface area is 85.9 Å². The van der Waals surface area contributed by atoms with Gasteiger partial charge in [0, 0.05) is 24.2 Å². The van der Waals surface area contributed by atoms with Crippen molar-refractivity contribution in [3.63, 3.8) is 0 Å². The van der Waals surface area contributed by atoms with Crippen LogP contribution in [0.15, 0.2) is 6.33 Å². The molecule has 7 heteroatoms. The molecule has 0 aliphatic rings. The number of hydrogen-bond donors (Lipinski definition) is 0. The second kappa shape index (κ2) is 3.86. The summed E-state index contributed by atoms with van der Waals surface area (Å²) < 4.78 is 23.0. The third kappa shape index (κ3) is 3.17. The van der Waals surface area contributed by atoms with Gasteiger partial charge < -0.3 is 4.57 Å². The van der Waals surface area contributed by atoms with E-state index in [0.717, 1.165) is 0 Å². The van der Waals surface area contributed by atoms with Crippen LogP contribution in [0.25, 0.3) is 0 Å². The smallest absolute Gasteiger partial charge is 0.232 e. The van der Waals surface area contributed by atoms with Gasteiger partial charge in [-0.2, -0.15) is 0 Å². The fourth-order valence-corrected chi connectivity index (χ4v) is 1.87. The van der Waals surface area contributed by atoms with Crippen LogP contribution in [0.5, 0.6) is 0 Å². The van der Waals surface area contributed by atoms with E-state index in [0.29, 0.717) is 10.8 Å². The van der Waals surface area contributed by atoms with Crippen molar-refractivity contribution < 1.29 is 8.42 Å². The molecule has 0 saturated carbocycles. The lowest BCUT2D eigenvalue weighted by Crippen LogP contribution is -2.05. The highest BCUT2D eigenvalue weighted by molar-refractivity contribution is 8.13. The molecule has 4 nitrogen and oxygen atoms in total. The van der Waals surface area contributed by atoms with Crippen LogP contribution in [-0.2, 0) is 22.5 Å². The lowest BCUT2D eigenvalue weighted by molar-refractivity contribution is 0.608. The molecule has 0 aliphatic heterocycles. The highest BCUT2D eigenvalue weighted by atomic mass is 35.7. The first-order valence-electron chi connectivity index (χ1n) is 3.48. The Balaban J connectivity index is 2.75. The van der Waals surface area contributed by atoms with E-state index >= 15 is 0 Å². The van der Waals surface area contributed by atoms with Gasteiger partial charge in [0.15, 0.2) is 0 Å². The second-order valence-corrected chi connectivity index (χ2v) is 5.84. The van der Waals surface area contributed by atoms with E-state index in [1.165, 1.54) is 6.33 Å². The Morgan fingerprint density at radius 3 is 2.62 bits per heavy atom. The summed E-state index contributed by atoms with van der Waals surface area (Å²) in [6, 6.07) is 0. The van der Waals surface area contributed by atoms with Gasteiger partial charge in [-0.1, -0.05) is 11.6 Å². The van der Waals surface area contributed by atoms with Gasteiger partial charge in [-0.25, -0.2) is 13.4 Å². The van der Waals surface area contributed by atoms with Crippen LogP contribution in [0.3, 0.4) is 0 Å². The Bertz CT molecular complexity index is 379. The van der Waals surface area contributed by atoms with Crippen LogP contribution >= 0.6 is 22.3 Å². The first kappa shape index (κ1) is 10.8. The van der Waals surface area contributed by atoms with Gasteiger partial charge in [0.1, 0.15) is 5.15 Å². The van der Waals surface area contributed by atoms with Crippen molar-refractivity contribution in [1.29, 1.82) is 0 Å². The molecule has 1 aromatic heterocycles. The number of aromatic nitrogens is 2. The molecule has 0 spiro atoms. The molecule has 0 bridgehead atoms. The minimum absolute atomic E-state index is 0.131. The molecule has 0 unspecified atom stereocenters. The van der Waals surface area contributed by atoms with Gasteiger partial charge in [-0.3, -0.25) is 0 Å². The summed E-state index contributed by atoms with van der Waals surface area (Å²) in [5.74, 6) is -0.131. The van der Waals surface area contributed by atoms with Gasteiger partial charge in [0.05, 0.1) is 17.8 Å². The van der Waals surface area contributed by atoms with Crippen molar-refractivity contribution in [2.45, 2.75) is 6.42 Å². The van der Waals surface area contributed by atoms with Crippen LogP contribution in [0.4, 0.5) is 0 Å². The van der Waals surface area contributed by atoms with Crippen LogP contribution in [0, 0.1) is 0 Å². The topological polar surface area (TPSA) is 52.0 Å². The zero-order valence-electron chi connectivity index (χ0n) is 6.87. The Kier molecular flexibility index (Phi) is 3.21. The maximum Gasteiger partial charge on any atom is 0.232 e. The molecule has 1 rings (SSSR count). The molecule has 0 saturated heterocycles. The fraction of sp³-hybridized carbons (Fsp3) is 0.500. The molecule has 0 atom stereocenters. The largest absolute Gasteiger partial charge is 0.336 e. The fourth-order valence-electron chi connectivity index (χ4n) is 0.925. The molecule has 0 aromatic carbocycles. The highest BCUT2D eigenvalue weighted by Gasteiger charge is 2.11. The third-order valence-corrected chi connectivity index (χ3v) is 3.06. The molecule has 1 aromatic rings. The van der Waals surface area contributed by atoms with Gasteiger partial charge in [-0.15, -0.1) is 0 Å². The minimum atomic E-state index is -3.46. The quantitative estimate of drug-likeness (QED) is 0.749. The number of hydrogen-bond acceptors (Lipinski definition) is 3. The summed E-state index contributed by atoms with van der Waals surface area (Å²) in [7, 11) is 3.34. The standard InChI is InChI=1S/C6H8Cl2N2O2S/c1-10-4-9-6(7)5(10)2-3-13(8,11)12/h4H,2-3H2,1H3. The number of nitrogens with zero attached hydrogens (tertiary/aromatic N) is 2. The van der Waals surface area contributed by atoms with E-state index in [9.17, 15) is 8.42 Å². The number of aryl methyl sites for hydroxylation is 1. The number of halogens is 2. The van der Waals surface area contributed by atoms with E-state index < -0.39 is 9.05 Å². The summed E-state index contributed by atoms with van der Waals surface area (Å²) in [6.07, 6.45) is 1.81. The Morgan fingerprint density at radius 2 is 2.23 bits per heavy atom. The van der Waals surface area contributed by atoms with Crippen molar-refractivity contribution in [3.05, 3.63) is 17.2 Å². The molecule has 0 aliphatic carbocycles. The lowest BCUT2D eigenvalue weighted by atomic mass is 10.4.